The summed E-state index contributed by atoms with van der Waals surface area (Å²) in [5, 5.41) is 9.19. The third-order valence-corrected chi connectivity index (χ3v) is 5.48. The van der Waals surface area contributed by atoms with Crippen LogP contribution in [-0.2, 0) is 6.18 Å². The van der Waals surface area contributed by atoms with Crippen LogP contribution in [0.3, 0.4) is 0 Å². The molecule has 0 spiro atoms. The van der Waals surface area contributed by atoms with Gasteiger partial charge in [0.15, 0.2) is 0 Å². The summed E-state index contributed by atoms with van der Waals surface area (Å²) in [7, 11) is 2.04. The first-order chi connectivity index (χ1) is 11.8. The van der Waals surface area contributed by atoms with Crippen LogP contribution in [0, 0.1) is 0 Å². The van der Waals surface area contributed by atoms with Crippen molar-refractivity contribution in [2.75, 3.05) is 51.2 Å². The van der Waals surface area contributed by atoms with E-state index >= 15 is 0 Å². The molecule has 0 bridgehead atoms. The summed E-state index contributed by atoms with van der Waals surface area (Å²) in [6.07, 6.45) is -2.43. The fourth-order valence-electron chi connectivity index (χ4n) is 3.11. The number of amides is 2. The van der Waals surface area contributed by atoms with Gasteiger partial charge in [0.2, 0.25) is 10.1 Å². The lowest BCUT2D eigenvalue weighted by atomic mass is 10.1. The highest BCUT2D eigenvalue weighted by atomic mass is 32.1. The number of carbonyl (C=O) groups is 1. The second kappa shape index (κ2) is 7.32. The van der Waals surface area contributed by atoms with E-state index in [0.29, 0.717) is 37.5 Å². The molecule has 2 saturated heterocycles. The lowest BCUT2D eigenvalue weighted by molar-refractivity contribution is -0.138. The minimum Gasteiger partial charge on any atom is -0.343 e. The summed E-state index contributed by atoms with van der Waals surface area (Å²) in [6, 6.07) is 0.0509. The van der Waals surface area contributed by atoms with Crippen molar-refractivity contribution >= 4 is 22.5 Å². The highest BCUT2D eigenvalue weighted by Crippen LogP contribution is 2.34. The third kappa shape index (κ3) is 4.51. The molecule has 2 amide bonds. The minimum atomic E-state index is -4.47. The Hall–Kier alpha value is -1.62. The molecule has 11 heteroatoms. The maximum absolute atomic E-state index is 12.6. The Labute approximate surface area is 147 Å². The number of halogens is 3. The summed E-state index contributed by atoms with van der Waals surface area (Å²) in [5.41, 5.74) is 0. The number of aromatic nitrogens is 2. The van der Waals surface area contributed by atoms with Crippen LogP contribution in [0.15, 0.2) is 0 Å². The molecule has 1 aromatic heterocycles. The molecule has 140 valence electrons. The van der Waals surface area contributed by atoms with E-state index in [1.807, 2.05) is 7.05 Å². The maximum Gasteiger partial charge on any atom is 0.445 e. The highest BCUT2D eigenvalue weighted by Gasteiger charge is 2.36. The normalized spacial score (nSPS) is 23.0. The number of likely N-dealkylation sites (N-methyl/N-ethyl adjacent to an activating group) is 1. The molecule has 0 aromatic carbocycles. The van der Waals surface area contributed by atoms with Gasteiger partial charge in [0.1, 0.15) is 0 Å². The first-order valence-electron chi connectivity index (χ1n) is 8.22. The third-order valence-electron chi connectivity index (χ3n) is 4.45. The molecule has 1 aromatic rings. The van der Waals surface area contributed by atoms with E-state index < -0.39 is 11.2 Å². The predicted octanol–water partition coefficient (Wildman–Crippen LogP) is 1.48. The van der Waals surface area contributed by atoms with Crippen LogP contribution in [-0.4, -0.2) is 78.4 Å². The fourth-order valence-corrected chi connectivity index (χ4v) is 3.87. The van der Waals surface area contributed by atoms with Crippen molar-refractivity contribution in [3.05, 3.63) is 5.01 Å². The summed E-state index contributed by atoms with van der Waals surface area (Å²) >= 11 is 0.539. The van der Waals surface area contributed by atoms with E-state index in [4.69, 9.17) is 0 Å². The van der Waals surface area contributed by atoms with Gasteiger partial charge in [0, 0.05) is 38.8 Å². The summed E-state index contributed by atoms with van der Waals surface area (Å²) < 4.78 is 37.8. The highest BCUT2D eigenvalue weighted by molar-refractivity contribution is 7.15. The molecule has 3 heterocycles. The molecule has 25 heavy (non-hydrogen) atoms. The number of likely N-dealkylation sites (tertiary alicyclic amines) is 1. The molecule has 3 rings (SSSR count). The smallest absolute Gasteiger partial charge is 0.343 e. The van der Waals surface area contributed by atoms with E-state index in [-0.39, 0.29) is 17.2 Å². The van der Waals surface area contributed by atoms with Crippen molar-refractivity contribution in [2.45, 2.75) is 25.1 Å². The molecule has 2 aliphatic heterocycles. The topological polar surface area (TPSA) is 64.6 Å². The molecule has 0 radical (unpaired) electrons. The fraction of sp³-hybridized carbons (Fsp3) is 0.786. The van der Waals surface area contributed by atoms with Crippen LogP contribution in [0.2, 0.25) is 0 Å². The van der Waals surface area contributed by atoms with Gasteiger partial charge in [-0.15, -0.1) is 10.2 Å². The number of alkyl halides is 3. The second-order valence-corrected chi connectivity index (χ2v) is 7.37. The number of hydrogen-bond donors (Lipinski definition) is 1. The van der Waals surface area contributed by atoms with Crippen LogP contribution in [0.5, 0.6) is 0 Å². The van der Waals surface area contributed by atoms with Crippen LogP contribution in [0.4, 0.5) is 23.1 Å². The molecule has 2 fully saturated rings. The number of anilines is 1. The molecule has 7 nitrogen and oxygen atoms in total. The van der Waals surface area contributed by atoms with Gasteiger partial charge in [-0.2, -0.15) is 13.2 Å². The second-order valence-electron chi connectivity index (χ2n) is 6.41. The van der Waals surface area contributed by atoms with E-state index in [1.165, 1.54) is 0 Å². The van der Waals surface area contributed by atoms with Gasteiger partial charge >= 0.3 is 12.2 Å². The molecule has 0 saturated carbocycles. The van der Waals surface area contributed by atoms with Gasteiger partial charge in [-0.1, -0.05) is 11.3 Å². The van der Waals surface area contributed by atoms with Crippen molar-refractivity contribution in [3.63, 3.8) is 0 Å². The maximum atomic E-state index is 12.6. The van der Waals surface area contributed by atoms with Gasteiger partial charge in [0.25, 0.3) is 0 Å². The Morgan fingerprint density at radius 1 is 1.20 bits per heavy atom. The number of carbonyl (C=O) groups excluding carboxylic acids is 1. The summed E-state index contributed by atoms with van der Waals surface area (Å²) in [5.74, 6) is 0. The van der Waals surface area contributed by atoms with Crippen molar-refractivity contribution in [2.24, 2.45) is 0 Å². The van der Waals surface area contributed by atoms with Gasteiger partial charge in [-0.05, 0) is 26.4 Å². The van der Waals surface area contributed by atoms with Gasteiger partial charge in [-0.25, -0.2) is 4.79 Å². The van der Waals surface area contributed by atoms with Crippen LogP contribution in [0.25, 0.3) is 0 Å². The molecule has 0 aliphatic carbocycles. The molecular formula is C14H21F3N6OS. The summed E-state index contributed by atoms with van der Waals surface area (Å²) in [6.45, 7) is 3.70. The van der Waals surface area contributed by atoms with Crippen molar-refractivity contribution < 1.29 is 18.0 Å². The summed E-state index contributed by atoms with van der Waals surface area (Å²) in [4.78, 5) is 18.0. The number of urea groups is 1. The van der Waals surface area contributed by atoms with Crippen LogP contribution >= 0.6 is 11.3 Å². The van der Waals surface area contributed by atoms with Gasteiger partial charge < -0.3 is 20.0 Å². The number of piperazine rings is 1. The molecule has 1 N–H and O–H groups in total. The SMILES string of the molecule is CN1CCC[C@H](NC(=O)N2CCN(c3nnc(C(F)(F)F)s3)CC2)C1. The Morgan fingerprint density at radius 3 is 2.52 bits per heavy atom. The number of nitrogens with one attached hydrogen (secondary N) is 1. The number of hydrogen-bond acceptors (Lipinski definition) is 6. The average molecular weight is 378 g/mol. The Balaban J connectivity index is 1.49. The van der Waals surface area contributed by atoms with Crippen LogP contribution in [0.1, 0.15) is 17.8 Å². The number of nitrogens with zero attached hydrogens (tertiary/aromatic N) is 5. The molecular weight excluding hydrogens is 357 g/mol. The van der Waals surface area contributed by atoms with Gasteiger partial charge in [-0.3, -0.25) is 0 Å². The molecule has 1 atom stereocenters. The van der Waals surface area contributed by atoms with Crippen molar-refractivity contribution in [3.8, 4) is 0 Å². The van der Waals surface area contributed by atoms with Crippen molar-refractivity contribution in [1.82, 2.24) is 25.3 Å². The zero-order valence-electron chi connectivity index (χ0n) is 13.9. The zero-order chi connectivity index (χ0) is 18.0. The number of piperidine rings is 1. The van der Waals surface area contributed by atoms with E-state index in [1.54, 1.807) is 9.80 Å². The lowest BCUT2D eigenvalue weighted by Crippen LogP contribution is -2.55. The van der Waals surface area contributed by atoms with Crippen molar-refractivity contribution in [1.29, 1.82) is 0 Å². The predicted molar refractivity (Wildman–Crippen MR) is 87.7 cm³/mol. The largest absolute Gasteiger partial charge is 0.445 e. The Bertz CT molecular complexity index is 602. The average Bonchev–Trinajstić information content (AvgIpc) is 3.05. The quantitative estimate of drug-likeness (QED) is 0.845. The molecule has 0 unspecified atom stereocenters. The minimum absolute atomic E-state index is 0.104. The Kier molecular flexibility index (Phi) is 5.32. The first kappa shape index (κ1) is 18.2. The van der Waals surface area contributed by atoms with E-state index in [0.717, 1.165) is 25.9 Å². The van der Waals surface area contributed by atoms with Gasteiger partial charge in [0.05, 0.1) is 0 Å². The monoisotopic (exact) mass is 378 g/mol. The molecule has 2 aliphatic rings. The van der Waals surface area contributed by atoms with E-state index in [2.05, 4.69) is 20.4 Å². The van der Waals surface area contributed by atoms with Crippen LogP contribution < -0.4 is 10.2 Å². The first-order valence-corrected chi connectivity index (χ1v) is 9.04. The number of rotatable bonds is 2. The lowest BCUT2D eigenvalue weighted by Gasteiger charge is -2.36. The van der Waals surface area contributed by atoms with E-state index in [9.17, 15) is 18.0 Å². The standard InChI is InChI=1S/C14H21F3N6OS/c1-21-4-2-3-10(9-21)18-12(24)22-5-7-23(8-6-22)13-20-19-11(25-13)14(15,16)17/h10H,2-9H2,1H3,(H,18,24)/t10-/m0/s1. The zero-order valence-corrected chi connectivity index (χ0v) is 14.7. The Morgan fingerprint density at radius 2 is 1.92 bits per heavy atom.